The lowest BCUT2D eigenvalue weighted by Crippen LogP contribution is -2.15. The average Bonchev–Trinajstić information content (AvgIpc) is 2.03. The fourth-order valence-electron chi connectivity index (χ4n) is 1.07. The number of hydrogen-bond donors (Lipinski definition) is 2. The van der Waals surface area contributed by atoms with Crippen LogP contribution in [0.3, 0.4) is 0 Å². The van der Waals surface area contributed by atoms with Crippen LogP contribution in [0.5, 0.6) is 0 Å². The van der Waals surface area contributed by atoms with Gasteiger partial charge in [-0.3, -0.25) is 0 Å². The van der Waals surface area contributed by atoms with Crippen LogP contribution in [0.15, 0.2) is 29.0 Å². The van der Waals surface area contributed by atoms with Crippen LogP contribution in [-0.2, 0) is 0 Å². The molecule has 0 heterocycles. The van der Waals surface area contributed by atoms with Gasteiger partial charge in [-0.25, -0.2) is 0 Å². The first-order valence-corrected chi connectivity index (χ1v) is 3.60. The van der Waals surface area contributed by atoms with Crippen molar-refractivity contribution in [1.29, 1.82) is 0 Å². The fourth-order valence-corrected chi connectivity index (χ4v) is 1.07. The highest BCUT2D eigenvalue weighted by molar-refractivity contribution is 5.99. The van der Waals surface area contributed by atoms with Gasteiger partial charge in [-0.1, -0.05) is 30.3 Å². The third-order valence-electron chi connectivity index (χ3n) is 1.67. The molecule has 3 N–H and O–H groups in total. The van der Waals surface area contributed by atoms with Gasteiger partial charge in [0, 0.05) is 5.57 Å². The molecular weight excluding hydrogens is 140 g/mol. The number of allylic oxidation sites excluding steroid dienone is 2. The lowest BCUT2D eigenvalue weighted by atomic mass is 9.98. The molecule has 0 amide bonds. The fraction of sp³-hybridized carbons (Fsp3) is 0.375. The first kappa shape index (κ1) is 7.85. The lowest BCUT2D eigenvalue weighted by Gasteiger charge is -2.10. The molecule has 0 spiro atoms. The minimum Gasteiger partial charge on any atom is -0.409 e. The van der Waals surface area contributed by atoms with E-state index in [0.717, 1.165) is 12.0 Å². The summed E-state index contributed by atoms with van der Waals surface area (Å²) in [4.78, 5) is 0. The molecule has 0 bridgehead atoms. The van der Waals surface area contributed by atoms with E-state index in [1.165, 1.54) is 0 Å². The van der Waals surface area contributed by atoms with Crippen LogP contribution in [0.4, 0.5) is 0 Å². The van der Waals surface area contributed by atoms with E-state index in [4.69, 9.17) is 10.9 Å². The van der Waals surface area contributed by atoms with Crippen molar-refractivity contribution in [2.24, 2.45) is 16.8 Å². The predicted octanol–water partition coefficient (Wildman–Crippen LogP) is 1.26. The molecule has 1 unspecified atom stereocenters. The summed E-state index contributed by atoms with van der Waals surface area (Å²) in [6.07, 6.45) is 6.92. The first-order chi connectivity index (χ1) is 5.24. The van der Waals surface area contributed by atoms with Crippen LogP contribution in [0.25, 0.3) is 0 Å². The molecule has 0 radical (unpaired) electrons. The first-order valence-electron chi connectivity index (χ1n) is 3.60. The third-order valence-corrected chi connectivity index (χ3v) is 1.67. The molecule has 3 nitrogen and oxygen atoms in total. The highest BCUT2D eigenvalue weighted by Crippen LogP contribution is 2.15. The molecule has 1 atom stereocenters. The smallest absolute Gasteiger partial charge is 0.169 e. The Labute approximate surface area is 65.9 Å². The summed E-state index contributed by atoms with van der Waals surface area (Å²) in [5.41, 5.74) is 6.20. The summed E-state index contributed by atoms with van der Waals surface area (Å²) in [6, 6.07) is 0. The molecule has 60 valence electrons. The number of hydrogen-bond acceptors (Lipinski definition) is 2. The van der Waals surface area contributed by atoms with E-state index in [2.05, 4.69) is 12.1 Å². The van der Waals surface area contributed by atoms with E-state index >= 15 is 0 Å². The van der Waals surface area contributed by atoms with Gasteiger partial charge in [0.1, 0.15) is 0 Å². The van der Waals surface area contributed by atoms with Gasteiger partial charge >= 0.3 is 0 Å². The summed E-state index contributed by atoms with van der Waals surface area (Å²) in [6.45, 7) is 2.09. The van der Waals surface area contributed by atoms with Crippen LogP contribution in [-0.4, -0.2) is 11.0 Å². The van der Waals surface area contributed by atoms with Crippen LogP contribution in [0.1, 0.15) is 13.3 Å². The van der Waals surface area contributed by atoms with E-state index in [9.17, 15) is 0 Å². The normalized spacial score (nSPS) is 25.0. The summed E-state index contributed by atoms with van der Waals surface area (Å²) in [5.74, 6) is 0.670. The van der Waals surface area contributed by atoms with Crippen LogP contribution in [0.2, 0.25) is 0 Å². The van der Waals surface area contributed by atoms with Gasteiger partial charge in [-0.2, -0.15) is 0 Å². The molecule has 0 saturated heterocycles. The van der Waals surface area contributed by atoms with Gasteiger partial charge < -0.3 is 10.9 Å². The number of oxime groups is 1. The zero-order chi connectivity index (χ0) is 8.27. The maximum atomic E-state index is 8.36. The molecule has 0 aromatic heterocycles. The number of amidine groups is 1. The van der Waals surface area contributed by atoms with Gasteiger partial charge in [0.25, 0.3) is 0 Å². The maximum Gasteiger partial charge on any atom is 0.169 e. The van der Waals surface area contributed by atoms with Gasteiger partial charge in [-0.15, -0.1) is 0 Å². The topological polar surface area (TPSA) is 58.6 Å². The number of nitrogens with two attached hydrogens (primary N) is 1. The van der Waals surface area contributed by atoms with Crippen molar-refractivity contribution in [3.63, 3.8) is 0 Å². The van der Waals surface area contributed by atoms with Crippen LogP contribution >= 0.6 is 0 Å². The van der Waals surface area contributed by atoms with Crippen molar-refractivity contribution in [2.45, 2.75) is 13.3 Å². The third kappa shape index (κ3) is 1.83. The molecule has 0 saturated carbocycles. The second-order valence-electron chi connectivity index (χ2n) is 2.72. The Morgan fingerprint density at radius 1 is 1.82 bits per heavy atom. The minimum absolute atomic E-state index is 0.188. The van der Waals surface area contributed by atoms with Crippen molar-refractivity contribution in [2.75, 3.05) is 0 Å². The Morgan fingerprint density at radius 2 is 2.55 bits per heavy atom. The SMILES string of the molecule is CC1C=C(/C(N)=N/O)C=CC1. The average molecular weight is 152 g/mol. The summed E-state index contributed by atoms with van der Waals surface area (Å²) in [7, 11) is 0. The number of nitrogens with zero attached hydrogens (tertiary/aromatic N) is 1. The van der Waals surface area contributed by atoms with Crippen molar-refractivity contribution in [1.82, 2.24) is 0 Å². The highest BCUT2D eigenvalue weighted by atomic mass is 16.4. The molecule has 11 heavy (non-hydrogen) atoms. The van der Waals surface area contributed by atoms with Crippen molar-refractivity contribution < 1.29 is 5.21 Å². The summed E-state index contributed by atoms with van der Waals surface area (Å²) < 4.78 is 0. The maximum absolute atomic E-state index is 8.36. The summed E-state index contributed by atoms with van der Waals surface area (Å²) in [5, 5.41) is 11.3. The molecule has 1 rings (SSSR count). The Morgan fingerprint density at radius 3 is 3.09 bits per heavy atom. The van der Waals surface area contributed by atoms with E-state index in [-0.39, 0.29) is 5.84 Å². The second-order valence-corrected chi connectivity index (χ2v) is 2.72. The predicted molar refractivity (Wildman–Crippen MR) is 44.4 cm³/mol. The molecule has 0 aromatic rings. The van der Waals surface area contributed by atoms with Gasteiger partial charge in [-0.05, 0) is 12.3 Å². The zero-order valence-electron chi connectivity index (χ0n) is 6.49. The van der Waals surface area contributed by atoms with Crippen LogP contribution < -0.4 is 5.73 Å². The lowest BCUT2D eigenvalue weighted by molar-refractivity contribution is 0.318. The highest BCUT2D eigenvalue weighted by Gasteiger charge is 2.06. The zero-order valence-corrected chi connectivity index (χ0v) is 6.49. The van der Waals surface area contributed by atoms with E-state index in [1.807, 2.05) is 18.2 Å². The largest absolute Gasteiger partial charge is 0.409 e. The van der Waals surface area contributed by atoms with Crippen molar-refractivity contribution in [3.05, 3.63) is 23.8 Å². The number of rotatable bonds is 1. The van der Waals surface area contributed by atoms with Gasteiger partial charge in [0.15, 0.2) is 5.84 Å². The van der Waals surface area contributed by atoms with Gasteiger partial charge in [0.05, 0.1) is 0 Å². The monoisotopic (exact) mass is 152 g/mol. The van der Waals surface area contributed by atoms with Crippen molar-refractivity contribution in [3.8, 4) is 0 Å². The Balaban J connectivity index is 2.79. The molecular formula is C8H12N2O. The molecule has 0 fully saturated rings. The van der Waals surface area contributed by atoms with E-state index < -0.39 is 0 Å². The molecule has 1 aliphatic rings. The Hall–Kier alpha value is -1.25. The standard InChI is InChI=1S/C8H12N2O/c1-6-3-2-4-7(5-6)8(9)10-11/h2,4-6,11H,3H2,1H3,(H2,9,10). The molecule has 0 aromatic carbocycles. The second kappa shape index (κ2) is 3.23. The quantitative estimate of drug-likeness (QED) is 0.257. The van der Waals surface area contributed by atoms with Crippen molar-refractivity contribution >= 4 is 5.84 Å². The summed E-state index contributed by atoms with van der Waals surface area (Å²) >= 11 is 0. The van der Waals surface area contributed by atoms with E-state index in [0.29, 0.717) is 5.92 Å². The van der Waals surface area contributed by atoms with Crippen LogP contribution in [0, 0.1) is 5.92 Å². The van der Waals surface area contributed by atoms with Gasteiger partial charge in [0.2, 0.25) is 0 Å². The Kier molecular flexibility index (Phi) is 2.31. The minimum atomic E-state index is 0.188. The van der Waals surface area contributed by atoms with E-state index in [1.54, 1.807) is 0 Å². The molecule has 1 aliphatic carbocycles. The Bertz CT molecular complexity index is 228. The molecule has 3 heteroatoms. The molecule has 0 aliphatic heterocycles.